The number of fused-ring (bicyclic) bond motifs is 18. The van der Waals surface area contributed by atoms with Crippen molar-refractivity contribution in [2.45, 2.75) is 0 Å². The lowest BCUT2D eigenvalue weighted by atomic mass is 9.93. The number of rotatable bonds is 5. The first-order valence-electron chi connectivity index (χ1n) is 23.8. The fraction of sp³-hybridized carbons (Fsp3) is 0. The summed E-state index contributed by atoms with van der Waals surface area (Å²) in [6.07, 6.45) is 0. The monoisotopic (exact) mass is 875 g/mol. The quantitative estimate of drug-likeness (QED) is 0.157. The normalized spacial score (nSPS) is 12.1. The molecule has 320 valence electrons. The SMILES string of the molecule is c1ccc(-n2c3ccccc3c3cc(-n4c5ccccc5c5ccc(N(c6ccc7c8ccccc8c8ccccc8c7c6)c6ccc7c8ccccc8c8ccccc8c7c6)cc54)ccc32)cc1. The summed E-state index contributed by atoms with van der Waals surface area (Å²) in [6.45, 7) is 0. The van der Waals surface area contributed by atoms with E-state index in [1.165, 1.54) is 103 Å². The number of aromatic nitrogens is 2. The summed E-state index contributed by atoms with van der Waals surface area (Å²) in [5.74, 6) is 0. The van der Waals surface area contributed by atoms with Crippen molar-refractivity contribution in [3.8, 4) is 11.4 Å². The topological polar surface area (TPSA) is 13.1 Å². The molecule has 0 aliphatic rings. The van der Waals surface area contributed by atoms with E-state index in [-0.39, 0.29) is 0 Å². The first kappa shape index (κ1) is 38.0. The van der Waals surface area contributed by atoms with Gasteiger partial charge in [0, 0.05) is 50.0 Å². The Labute approximate surface area is 397 Å². The van der Waals surface area contributed by atoms with Crippen LogP contribution in [-0.4, -0.2) is 9.13 Å². The Morgan fingerprint density at radius 2 is 0.522 bits per heavy atom. The molecule has 13 aromatic carbocycles. The molecule has 2 aromatic heterocycles. The van der Waals surface area contributed by atoms with E-state index in [0.717, 1.165) is 34.0 Å². The molecule has 0 fully saturated rings. The Balaban J connectivity index is 1.01. The van der Waals surface area contributed by atoms with E-state index in [2.05, 4.69) is 263 Å². The van der Waals surface area contributed by atoms with Crippen LogP contribution in [0.3, 0.4) is 0 Å². The summed E-state index contributed by atoms with van der Waals surface area (Å²) in [5.41, 5.74) is 10.3. The van der Waals surface area contributed by atoms with Gasteiger partial charge in [-0.15, -0.1) is 0 Å². The van der Waals surface area contributed by atoms with Gasteiger partial charge in [0.05, 0.1) is 22.1 Å². The Hall–Kier alpha value is -9.18. The van der Waals surface area contributed by atoms with Crippen LogP contribution in [0.4, 0.5) is 17.1 Å². The predicted molar refractivity (Wildman–Crippen MR) is 295 cm³/mol. The number of nitrogens with zero attached hydrogens (tertiary/aromatic N) is 3. The molecular weight excluding hydrogens is 835 g/mol. The lowest BCUT2D eigenvalue weighted by Crippen LogP contribution is -2.10. The van der Waals surface area contributed by atoms with Crippen molar-refractivity contribution in [3.05, 3.63) is 249 Å². The van der Waals surface area contributed by atoms with E-state index < -0.39 is 0 Å². The van der Waals surface area contributed by atoms with Crippen molar-refractivity contribution >= 4 is 125 Å². The van der Waals surface area contributed by atoms with E-state index in [1.807, 2.05) is 0 Å². The van der Waals surface area contributed by atoms with Crippen LogP contribution in [0, 0.1) is 0 Å². The van der Waals surface area contributed by atoms with Crippen LogP contribution in [-0.2, 0) is 0 Å². The molecule has 0 spiro atoms. The smallest absolute Gasteiger partial charge is 0.0561 e. The summed E-state index contributed by atoms with van der Waals surface area (Å²) in [7, 11) is 0. The second kappa shape index (κ2) is 14.7. The summed E-state index contributed by atoms with van der Waals surface area (Å²) in [5, 5.41) is 20.0. The summed E-state index contributed by atoms with van der Waals surface area (Å²) in [6, 6.07) is 92.0. The molecule has 69 heavy (non-hydrogen) atoms. The van der Waals surface area contributed by atoms with Crippen LogP contribution in [0.25, 0.3) is 120 Å². The standard InChI is InChI=1S/C66H41N3/c1-2-16-42(17-3-1)68-64-29-15-13-27-58(64)62-40-45(33-37-65(62)68)69-63-28-14-12-26-57(63)59-36-32-46(41-66(59)69)67(43-30-34-55-51-22-6-4-18-47(51)49-20-8-10-24-53(49)60(55)38-43)44-31-35-56-52-23-7-5-19-48(52)50-21-9-11-25-54(50)61(56)39-44/h1-41H. The average Bonchev–Trinajstić information content (AvgIpc) is 3.93. The molecule has 0 unspecified atom stereocenters. The molecule has 15 aromatic rings. The molecule has 0 amide bonds. The summed E-state index contributed by atoms with van der Waals surface area (Å²) < 4.78 is 4.86. The first-order valence-corrected chi connectivity index (χ1v) is 23.8. The van der Waals surface area contributed by atoms with E-state index in [1.54, 1.807) is 0 Å². The number of para-hydroxylation sites is 3. The van der Waals surface area contributed by atoms with Crippen LogP contribution >= 0.6 is 0 Å². The number of hydrogen-bond donors (Lipinski definition) is 0. The van der Waals surface area contributed by atoms with Crippen LogP contribution in [0.15, 0.2) is 249 Å². The third-order valence-electron chi connectivity index (χ3n) is 14.8. The van der Waals surface area contributed by atoms with Crippen molar-refractivity contribution in [3.63, 3.8) is 0 Å². The lowest BCUT2D eigenvalue weighted by Gasteiger charge is -2.27. The average molecular weight is 876 g/mol. The molecule has 0 aliphatic heterocycles. The fourth-order valence-corrected chi connectivity index (χ4v) is 11.8. The van der Waals surface area contributed by atoms with Gasteiger partial charge in [-0.3, -0.25) is 0 Å². The second-order valence-corrected chi connectivity index (χ2v) is 18.4. The van der Waals surface area contributed by atoms with Crippen LogP contribution < -0.4 is 4.90 Å². The van der Waals surface area contributed by atoms with Gasteiger partial charge in [-0.1, -0.05) is 170 Å². The maximum absolute atomic E-state index is 2.48. The minimum atomic E-state index is 1.09. The lowest BCUT2D eigenvalue weighted by molar-refractivity contribution is 1.16. The second-order valence-electron chi connectivity index (χ2n) is 18.4. The first-order chi connectivity index (χ1) is 34.2. The Kier molecular flexibility index (Phi) is 8.07. The van der Waals surface area contributed by atoms with Crippen LogP contribution in [0.2, 0.25) is 0 Å². The van der Waals surface area contributed by atoms with Gasteiger partial charge in [0.25, 0.3) is 0 Å². The zero-order valence-electron chi connectivity index (χ0n) is 37.5. The molecule has 3 heteroatoms. The number of benzene rings is 13. The van der Waals surface area contributed by atoms with Gasteiger partial charge < -0.3 is 14.0 Å². The van der Waals surface area contributed by atoms with Crippen molar-refractivity contribution in [1.82, 2.24) is 9.13 Å². The van der Waals surface area contributed by atoms with Crippen molar-refractivity contribution in [2.75, 3.05) is 4.90 Å². The predicted octanol–water partition coefficient (Wildman–Crippen LogP) is 18.3. The minimum Gasteiger partial charge on any atom is -0.310 e. The summed E-state index contributed by atoms with van der Waals surface area (Å²) in [4.78, 5) is 2.48. The molecule has 0 atom stereocenters. The van der Waals surface area contributed by atoms with E-state index in [0.29, 0.717) is 0 Å². The molecule has 2 heterocycles. The number of anilines is 3. The maximum Gasteiger partial charge on any atom is 0.0561 e. The van der Waals surface area contributed by atoms with Crippen LogP contribution in [0.1, 0.15) is 0 Å². The molecule has 0 N–H and O–H groups in total. The molecular formula is C66H41N3. The molecule has 15 rings (SSSR count). The highest BCUT2D eigenvalue weighted by atomic mass is 15.1. The maximum atomic E-state index is 2.48. The van der Waals surface area contributed by atoms with Gasteiger partial charge in [0.2, 0.25) is 0 Å². The van der Waals surface area contributed by atoms with E-state index in [9.17, 15) is 0 Å². The Bertz CT molecular complexity index is 4380. The van der Waals surface area contributed by atoms with Crippen LogP contribution in [0.5, 0.6) is 0 Å². The van der Waals surface area contributed by atoms with E-state index >= 15 is 0 Å². The molecule has 3 nitrogen and oxygen atoms in total. The highest BCUT2D eigenvalue weighted by Gasteiger charge is 2.21. The van der Waals surface area contributed by atoms with Crippen molar-refractivity contribution in [1.29, 1.82) is 0 Å². The largest absolute Gasteiger partial charge is 0.310 e. The third kappa shape index (κ3) is 5.56. The van der Waals surface area contributed by atoms with Gasteiger partial charge in [0.1, 0.15) is 0 Å². The zero-order valence-corrected chi connectivity index (χ0v) is 37.5. The zero-order chi connectivity index (χ0) is 45.2. The van der Waals surface area contributed by atoms with Gasteiger partial charge in [-0.05, 0) is 143 Å². The molecule has 0 aliphatic carbocycles. The Morgan fingerprint density at radius 1 is 0.188 bits per heavy atom. The minimum absolute atomic E-state index is 1.09. The van der Waals surface area contributed by atoms with Crippen molar-refractivity contribution in [2.24, 2.45) is 0 Å². The highest BCUT2D eigenvalue weighted by Crippen LogP contribution is 2.45. The molecule has 0 saturated carbocycles. The van der Waals surface area contributed by atoms with Gasteiger partial charge in [-0.25, -0.2) is 0 Å². The van der Waals surface area contributed by atoms with Gasteiger partial charge in [-0.2, -0.15) is 0 Å². The van der Waals surface area contributed by atoms with Gasteiger partial charge >= 0.3 is 0 Å². The number of hydrogen-bond acceptors (Lipinski definition) is 1. The van der Waals surface area contributed by atoms with Gasteiger partial charge in [0.15, 0.2) is 0 Å². The van der Waals surface area contributed by atoms with Crippen molar-refractivity contribution < 1.29 is 0 Å². The fourth-order valence-electron chi connectivity index (χ4n) is 11.8. The summed E-state index contributed by atoms with van der Waals surface area (Å²) >= 11 is 0. The molecule has 0 radical (unpaired) electrons. The Morgan fingerprint density at radius 3 is 1.01 bits per heavy atom. The highest BCUT2D eigenvalue weighted by molar-refractivity contribution is 6.27. The van der Waals surface area contributed by atoms with E-state index in [4.69, 9.17) is 0 Å². The molecule has 0 bridgehead atoms. The molecule has 0 saturated heterocycles. The third-order valence-corrected chi connectivity index (χ3v) is 14.8.